The van der Waals surface area contributed by atoms with Crippen LogP contribution in [0.5, 0.6) is 0 Å². The molecule has 1 N–H and O–H groups in total. The van der Waals surface area contributed by atoms with Crippen molar-refractivity contribution in [2.75, 3.05) is 6.54 Å². The first-order valence-electron chi connectivity index (χ1n) is 5.59. The van der Waals surface area contributed by atoms with Crippen LogP contribution >= 0.6 is 0 Å². The fourth-order valence-electron chi connectivity index (χ4n) is 1.67. The molecular weight excluding hydrogens is 253 g/mol. The van der Waals surface area contributed by atoms with Crippen LogP contribution in [0.4, 0.5) is 22.0 Å². The molecule has 0 aliphatic rings. The molecule has 6 heteroatoms. The predicted molar refractivity (Wildman–Crippen MR) is 58.1 cm³/mol. The molecule has 1 aromatic rings. The standard InChI is InChI=1S/C12H14F5N/c1-2-6-18-10(7-12(15,16)17)11-8(13)4-3-5-9(11)14/h3-5,10,18H,2,6-7H2,1H3. The first-order valence-corrected chi connectivity index (χ1v) is 5.59. The second-order valence-electron chi connectivity index (χ2n) is 3.96. The van der Waals surface area contributed by atoms with Crippen molar-refractivity contribution in [2.24, 2.45) is 0 Å². The van der Waals surface area contributed by atoms with Gasteiger partial charge in [-0.25, -0.2) is 8.78 Å². The third-order valence-corrected chi connectivity index (χ3v) is 2.42. The number of hydrogen-bond acceptors (Lipinski definition) is 1. The zero-order valence-electron chi connectivity index (χ0n) is 9.82. The lowest BCUT2D eigenvalue weighted by Gasteiger charge is -2.21. The molecule has 0 saturated carbocycles. The van der Waals surface area contributed by atoms with Gasteiger partial charge in [0.25, 0.3) is 0 Å². The van der Waals surface area contributed by atoms with Crippen molar-refractivity contribution in [3.63, 3.8) is 0 Å². The molecule has 1 nitrogen and oxygen atoms in total. The van der Waals surface area contributed by atoms with E-state index in [1.165, 1.54) is 0 Å². The highest BCUT2D eigenvalue weighted by molar-refractivity contribution is 5.23. The maximum atomic E-state index is 13.5. The lowest BCUT2D eigenvalue weighted by atomic mass is 10.0. The second-order valence-corrected chi connectivity index (χ2v) is 3.96. The van der Waals surface area contributed by atoms with Gasteiger partial charge >= 0.3 is 6.18 Å². The number of nitrogens with one attached hydrogen (secondary N) is 1. The maximum Gasteiger partial charge on any atom is 0.390 e. The summed E-state index contributed by atoms with van der Waals surface area (Å²) in [4.78, 5) is 0. The molecule has 0 amide bonds. The van der Waals surface area contributed by atoms with Crippen molar-refractivity contribution in [2.45, 2.75) is 32.0 Å². The topological polar surface area (TPSA) is 12.0 Å². The number of benzene rings is 1. The fourth-order valence-corrected chi connectivity index (χ4v) is 1.67. The number of rotatable bonds is 5. The van der Waals surface area contributed by atoms with Gasteiger partial charge in [0.2, 0.25) is 0 Å². The minimum atomic E-state index is -4.49. The van der Waals surface area contributed by atoms with Crippen LogP contribution in [0.3, 0.4) is 0 Å². The van der Waals surface area contributed by atoms with Crippen molar-refractivity contribution in [3.05, 3.63) is 35.4 Å². The molecule has 0 radical (unpaired) electrons. The van der Waals surface area contributed by atoms with E-state index in [9.17, 15) is 22.0 Å². The number of halogens is 5. The van der Waals surface area contributed by atoms with Crippen molar-refractivity contribution < 1.29 is 22.0 Å². The quantitative estimate of drug-likeness (QED) is 0.796. The third-order valence-electron chi connectivity index (χ3n) is 2.42. The van der Waals surface area contributed by atoms with Gasteiger partial charge in [-0.3, -0.25) is 0 Å². The van der Waals surface area contributed by atoms with Crippen LogP contribution in [0.15, 0.2) is 18.2 Å². The molecular formula is C12H14F5N. The van der Waals surface area contributed by atoms with E-state index in [2.05, 4.69) is 5.32 Å². The summed E-state index contributed by atoms with van der Waals surface area (Å²) >= 11 is 0. The zero-order valence-corrected chi connectivity index (χ0v) is 9.82. The second kappa shape index (κ2) is 6.13. The first kappa shape index (κ1) is 14.9. The van der Waals surface area contributed by atoms with E-state index < -0.39 is 35.8 Å². The van der Waals surface area contributed by atoms with Gasteiger partial charge in [-0.1, -0.05) is 13.0 Å². The fraction of sp³-hybridized carbons (Fsp3) is 0.500. The Labute approximate surface area is 102 Å². The van der Waals surface area contributed by atoms with Gasteiger partial charge in [0.15, 0.2) is 0 Å². The van der Waals surface area contributed by atoms with E-state index in [1.807, 2.05) is 0 Å². The van der Waals surface area contributed by atoms with Gasteiger partial charge in [0.1, 0.15) is 11.6 Å². The summed E-state index contributed by atoms with van der Waals surface area (Å²) in [6, 6.07) is 1.63. The van der Waals surface area contributed by atoms with Gasteiger partial charge in [-0.2, -0.15) is 13.2 Å². The summed E-state index contributed by atoms with van der Waals surface area (Å²) in [5.74, 6) is -1.93. The molecule has 0 fully saturated rings. The minimum absolute atomic E-state index is 0.258. The lowest BCUT2D eigenvalue weighted by molar-refractivity contribution is -0.140. The van der Waals surface area contributed by atoms with Crippen molar-refractivity contribution in [1.82, 2.24) is 5.32 Å². The van der Waals surface area contributed by atoms with Crippen LogP contribution in [0.25, 0.3) is 0 Å². The van der Waals surface area contributed by atoms with E-state index in [4.69, 9.17) is 0 Å². The van der Waals surface area contributed by atoms with E-state index in [0.717, 1.165) is 18.2 Å². The Hall–Kier alpha value is -1.17. The SMILES string of the molecule is CCCNC(CC(F)(F)F)c1c(F)cccc1F. The Morgan fingerprint density at radius 2 is 1.72 bits per heavy atom. The molecule has 0 saturated heterocycles. The molecule has 1 rings (SSSR count). The largest absolute Gasteiger partial charge is 0.390 e. The van der Waals surface area contributed by atoms with Crippen LogP contribution in [0.1, 0.15) is 31.4 Å². The molecule has 102 valence electrons. The Balaban J connectivity index is 3.01. The molecule has 0 aliphatic carbocycles. The van der Waals surface area contributed by atoms with Crippen molar-refractivity contribution in [1.29, 1.82) is 0 Å². The van der Waals surface area contributed by atoms with Crippen LogP contribution in [-0.2, 0) is 0 Å². The Morgan fingerprint density at radius 3 is 2.17 bits per heavy atom. The monoisotopic (exact) mass is 267 g/mol. The van der Waals surface area contributed by atoms with Gasteiger partial charge in [-0.05, 0) is 25.1 Å². The molecule has 0 heterocycles. The summed E-state index contributed by atoms with van der Waals surface area (Å²) < 4.78 is 64.1. The van der Waals surface area contributed by atoms with E-state index >= 15 is 0 Å². The van der Waals surface area contributed by atoms with Gasteiger partial charge in [0, 0.05) is 11.6 Å². The summed E-state index contributed by atoms with van der Waals surface area (Å²) in [5.41, 5.74) is -0.553. The summed E-state index contributed by atoms with van der Waals surface area (Å²) in [7, 11) is 0. The molecule has 18 heavy (non-hydrogen) atoms. The Kier molecular flexibility index (Phi) is 5.07. The number of hydrogen-bond donors (Lipinski definition) is 1. The molecule has 0 bridgehead atoms. The normalized spacial score (nSPS) is 13.7. The van der Waals surface area contributed by atoms with Crippen molar-refractivity contribution >= 4 is 0 Å². The molecule has 1 unspecified atom stereocenters. The van der Waals surface area contributed by atoms with Crippen molar-refractivity contribution in [3.8, 4) is 0 Å². The van der Waals surface area contributed by atoms with Crippen LogP contribution < -0.4 is 5.32 Å². The van der Waals surface area contributed by atoms with Crippen LogP contribution in [0.2, 0.25) is 0 Å². The highest BCUT2D eigenvalue weighted by Crippen LogP contribution is 2.32. The molecule has 0 aromatic heterocycles. The first-order chi connectivity index (χ1) is 8.35. The Bertz CT molecular complexity index is 368. The smallest absolute Gasteiger partial charge is 0.309 e. The molecule has 1 atom stereocenters. The average Bonchev–Trinajstić information content (AvgIpc) is 2.23. The van der Waals surface area contributed by atoms with Crippen LogP contribution in [0, 0.1) is 11.6 Å². The predicted octanol–water partition coefficient (Wildman–Crippen LogP) is 3.96. The molecule has 0 spiro atoms. The van der Waals surface area contributed by atoms with E-state index in [0.29, 0.717) is 6.42 Å². The highest BCUT2D eigenvalue weighted by atomic mass is 19.4. The summed E-state index contributed by atoms with van der Waals surface area (Å²) in [6.45, 7) is 2.02. The average molecular weight is 267 g/mol. The lowest BCUT2D eigenvalue weighted by Crippen LogP contribution is -2.29. The highest BCUT2D eigenvalue weighted by Gasteiger charge is 2.34. The van der Waals surface area contributed by atoms with Crippen LogP contribution in [-0.4, -0.2) is 12.7 Å². The minimum Gasteiger partial charge on any atom is -0.309 e. The zero-order chi connectivity index (χ0) is 13.8. The maximum absolute atomic E-state index is 13.5. The Morgan fingerprint density at radius 1 is 1.17 bits per heavy atom. The third kappa shape index (κ3) is 4.25. The van der Waals surface area contributed by atoms with Gasteiger partial charge < -0.3 is 5.32 Å². The van der Waals surface area contributed by atoms with E-state index in [1.54, 1.807) is 6.92 Å². The molecule has 1 aromatic carbocycles. The summed E-state index contributed by atoms with van der Waals surface area (Å²) in [6.07, 6.45) is -5.21. The van der Waals surface area contributed by atoms with E-state index in [-0.39, 0.29) is 6.54 Å². The summed E-state index contributed by atoms with van der Waals surface area (Å²) in [5, 5.41) is 2.52. The number of alkyl halides is 3. The molecule has 0 aliphatic heterocycles. The van der Waals surface area contributed by atoms with Gasteiger partial charge in [0.05, 0.1) is 6.42 Å². The van der Waals surface area contributed by atoms with Gasteiger partial charge in [-0.15, -0.1) is 0 Å².